The topological polar surface area (TPSA) is 85.1 Å². The second-order valence-electron chi connectivity index (χ2n) is 9.12. The van der Waals surface area contributed by atoms with Crippen LogP contribution in [-0.4, -0.2) is 55.4 Å². The van der Waals surface area contributed by atoms with Crippen molar-refractivity contribution in [3.05, 3.63) is 89.6 Å². The molecule has 184 valence electrons. The molecule has 0 unspecified atom stereocenters. The van der Waals surface area contributed by atoms with E-state index in [1.807, 2.05) is 31.2 Å². The number of hydrogen-bond acceptors (Lipinski definition) is 4. The molecule has 1 aliphatic heterocycles. The maximum Gasteiger partial charge on any atom is 0.257 e. The fourth-order valence-corrected chi connectivity index (χ4v) is 4.39. The van der Waals surface area contributed by atoms with Crippen LogP contribution in [0.3, 0.4) is 0 Å². The van der Waals surface area contributed by atoms with Crippen LogP contribution in [0.4, 0.5) is 4.39 Å². The number of piperidine rings is 1. The van der Waals surface area contributed by atoms with E-state index >= 15 is 0 Å². The Morgan fingerprint density at radius 3 is 2.33 bits per heavy atom. The minimum absolute atomic E-state index is 0.0136. The van der Waals surface area contributed by atoms with E-state index in [0.717, 1.165) is 11.1 Å². The van der Waals surface area contributed by atoms with Gasteiger partial charge in [0.25, 0.3) is 11.8 Å². The van der Waals surface area contributed by atoms with Gasteiger partial charge in [-0.05, 0) is 44.0 Å². The van der Waals surface area contributed by atoms with Gasteiger partial charge in [-0.25, -0.2) is 9.07 Å². The largest absolute Gasteiger partial charge is 0.349 e. The van der Waals surface area contributed by atoms with Gasteiger partial charge in [0.15, 0.2) is 0 Å². The summed E-state index contributed by atoms with van der Waals surface area (Å²) in [5.74, 6) is -0.606. The van der Waals surface area contributed by atoms with E-state index in [0.29, 0.717) is 48.4 Å². The zero-order valence-corrected chi connectivity index (χ0v) is 20.2. The molecule has 5 rings (SSSR count). The van der Waals surface area contributed by atoms with Crippen molar-refractivity contribution in [2.45, 2.75) is 25.8 Å². The van der Waals surface area contributed by atoms with Crippen LogP contribution in [0.2, 0.25) is 0 Å². The number of hydrogen-bond donors (Lipinski definition) is 1. The average Bonchev–Trinajstić information content (AvgIpc) is 3.52. The van der Waals surface area contributed by atoms with Gasteiger partial charge in [-0.2, -0.15) is 10.2 Å². The average molecular weight is 487 g/mol. The van der Waals surface area contributed by atoms with Gasteiger partial charge in [0.2, 0.25) is 0 Å². The Kier molecular flexibility index (Phi) is 6.37. The third-order valence-electron chi connectivity index (χ3n) is 6.45. The monoisotopic (exact) mass is 486 g/mol. The van der Waals surface area contributed by atoms with Crippen LogP contribution in [0.5, 0.6) is 0 Å². The summed E-state index contributed by atoms with van der Waals surface area (Å²) < 4.78 is 16.7. The number of halogens is 1. The zero-order valence-electron chi connectivity index (χ0n) is 20.2. The molecule has 8 nitrogen and oxygen atoms in total. The Bertz CT molecular complexity index is 1380. The number of aryl methyl sites for hydroxylation is 2. The number of benzene rings is 2. The summed E-state index contributed by atoms with van der Waals surface area (Å²) in [6, 6.07) is 13.8. The summed E-state index contributed by atoms with van der Waals surface area (Å²) in [4.78, 5) is 27.9. The van der Waals surface area contributed by atoms with Crippen molar-refractivity contribution in [1.29, 1.82) is 0 Å². The van der Waals surface area contributed by atoms with Crippen molar-refractivity contribution in [3.8, 4) is 16.9 Å². The first-order valence-corrected chi connectivity index (χ1v) is 11.9. The molecule has 0 saturated carbocycles. The third kappa shape index (κ3) is 4.91. The summed E-state index contributed by atoms with van der Waals surface area (Å²) in [5.41, 5.74) is 4.20. The van der Waals surface area contributed by atoms with Crippen molar-refractivity contribution in [1.82, 2.24) is 29.8 Å². The molecule has 1 fully saturated rings. The molecule has 36 heavy (non-hydrogen) atoms. The molecule has 2 amide bonds. The van der Waals surface area contributed by atoms with E-state index in [1.54, 1.807) is 52.0 Å². The van der Waals surface area contributed by atoms with E-state index in [-0.39, 0.29) is 23.7 Å². The first-order chi connectivity index (χ1) is 17.4. The molecule has 9 heteroatoms. The van der Waals surface area contributed by atoms with E-state index in [1.165, 1.54) is 12.1 Å². The second kappa shape index (κ2) is 9.77. The predicted molar refractivity (Wildman–Crippen MR) is 133 cm³/mol. The Balaban J connectivity index is 1.34. The standard InChI is InChI=1S/C27H27FN6O2/c1-18-3-5-19(6-4-18)25-24(17-34(31-25)23-9-7-21(28)8-10-23)27(36)33-13-11-22(12-14-33)30-26(35)20-15-29-32(2)16-20/h3-10,15-17,22H,11-14H2,1-2H3,(H,30,35). The molecule has 1 aliphatic rings. The molecule has 0 aliphatic carbocycles. The number of aromatic nitrogens is 4. The first-order valence-electron chi connectivity index (χ1n) is 11.9. The summed E-state index contributed by atoms with van der Waals surface area (Å²) in [6.07, 6.45) is 6.24. The molecule has 3 heterocycles. The van der Waals surface area contributed by atoms with Crippen molar-refractivity contribution >= 4 is 11.8 Å². The highest BCUT2D eigenvalue weighted by Gasteiger charge is 2.28. The second-order valence-corrected chi connectivity index (χ2v) is 9.12. The lowest BCUT2D eigenvalue weighted by Gasteiger charge is -2.32. The number of rotatable bonds is 5. The van der Waals surface area contributed by atoms with E-state index < -0.39 is 0 Å². The fourth-order valence-electron chi connectivity index (χ4n) is 4.39. The predicted octanol–water partition coefficient (Wildman–Crippen LogP) is 3.75. The molecule has 0 atom stereocenters. The van der Waals surface area contributed by atoms with Gasteiger partial charge in [0, 0.05) is 44.1 Å². The van der Waals surface area contributed by atoms with E-state index in [9.17, 15) is 14.0 Å². The van der Waals surface area contributed by atoms with Crippen LogP contribution in [-0.2, 0) is 7.05 Å². The zero-order chi connectivity index (χ0) is 25.2. The van der Waals surface area contributed by atoms with Gasteiger partial charge in [-0.3, -0.25) is 14.3 Å². The van der Waals surface area contributed by atoms with Gasteiger partial charge >= 0.3 is 0 Å². The lowest BCUT2D eigenvalue weighted by Crippen LogP contribution is -2.46. The van der Waals surface area contributed by atoms with Crippen molar-refractivity contribution in [2.75, 3.05) is 13.1 Å². The van der Waals surface area contributed by atoms with Crippen molar-refractivity contribution in [2.24, 2.45) is 7.05 Å². The Morgan fingerprint density at radius 1 is 1.00 bits per heavy atom. The van der Waals surface area contributed by atoms with Crippen LogP contribution < -0.4 is 5.32 Å². The highest BCUT2D eigenvalue weighted by molar-refractivity contribution is 6.00. The Labute approximate surface area is 208 Å². The minimum atomic E-state index is -0.334. The number of carbonyl (C=O) groups is 2. The minimum Gasteiger partial charge on any atom is -0.349 e. The summed E-state index contributed by atoms with van der Waals surface area (Å²) in [7, 11) is 1.77. The Hall–Kier alpha value is -4.27. The number of carbonyl (C=O) groups excluding carboxylic acids is 2. The van der Waals surface area contributed by atoms with Crippen LogP contribution in [0.1, 0.15) is 39.1 Å². The molecular weight excluding hydrogens is 459 g/mol. The molecular formula is C27H27FN6O2. The molecule has 0 radical (unpaired) electrons. The number of nitrogens with zero attached hydrogens (tertiary/aromatic N) is 5. The fraction of sp³-hybridized carbons (Fsp3) is 0.259. The van der Waals surface area contributed by atoms with Crippen LogP contribution in [0, 0.1) is 12.7 Å². The van der Waals surface area contributed by atoms with Crippen LogP contribution in [0.25, 0.3) is 16.9 Å². The van der Waals surface area contributed by atoms with Gasteiger partial charge in [-0.1, -0.05) is 29.8 Å². The SMILES string of the molecule is Cc1ccc(-c2nn(-c3ccc(F)cc3)cc2C(=O)N2CCC(NC(=O)c3cnn(C)c3)CC2)cc1. The molecule has 0 spiro atoms. The highest BCUT2D eigenvalue weighted by atomic mass is 19.1. The highest BCUT2D eigenvalue weighted by Crippen LogP contribution is 2.27. The van der Waals surface area contributed by atoms with Gasteiger partial charge < -0.3 is 10.2 Å². The molecule has 2 aromatic heterocycles. The quantitative estimate of drug-likeness (QED) is 0.466. The maximum absolute atomic E-state index is 13.6. The van der Waals surface area contributed by atoms with E-state index in [4.69, 9.17) is 5.10 Å². The van der Waals surface area contributed by atoms with Gasteiger partial charge in [0.05, 0.1) is 23.0 Å². The number of amides is 2. The number of likely N-dealkylation sites (tertiary alicyclic amines) is 1. The van der Waals surface area contributed by atoms with Crippen LogP contribution >= 0.6 is 0 Å². The van der Waals surface area contributed by atoms with Crippen LogP contribution in [0.15, 0.2) is 67.1 Å². The van der Waals surface area contributed by atoms with Gasteiger partial charge in [-0.15, -0.1) is 0 Å². The third-order valence-corrected chi connectivity index (χ3v) is 6.45. The first kappa shape index (κ1) is 23.5. The summed E-state index contributed by atoms with van der Waals surface area (Å²) in [5, 5.41) is 11.8. The molecule has 0 bridgehead atoms. The molecule has 1 saturated heterocycles. The van der Waals surface area contributed by atoms with Crippen molar-refractivity contribution < 1.29 is 14.0 Å². The van der Waals surface area contributed by atoms with Gasteiger partial charge in [0.1, 0.15) is 11.5 Å². The molecule has 4 aromatic rings. The lowest BCUT2D eigenvalue weighted by molar-refractivity contribution is 0.0699. The van der Waals surface area contributed by atoms with E-state index in [2.05, 4.69) is 10.4 Å². The lowest BCUT2D eigenvalue weighted by atomic mass is 10.0. The molecule has 2 aromatic carbocycles. The maximum atomic E-state index is 13.6. The smallest absolute Gasteiger partial charge is 0.257 e. The van der Waals surface area contributed by atoms with Crippen molar-refractivity contribution in [3.63, 3.8) is 0 Å². The number of nitrogens with one attached hydrogen (secondary N) is 1. The molecule has 1 N–H and O–H groups in total. The Morgan fingerprint density at radius 2 is 1.69 bits per heavy atom. The summed E-state index contributed by atoms with van der Waals surface area (Å²) >= 11 is 0. The summed E-state index contributed by atoms with van der Waals surface area (Å²) in [6.45, 7) is 3.04. The normalized spacial score (nSPS) is 14.1.